The highest BCUT2D eigenvalue weighted by Crippen LogP contribution is 2.40. The zero-order valence-electron chi connectivity index (χ0n) is 25.5. The topological polar surface area (TPSA) is 0 Å². The van der Waals surface area contributed by atoms with Crippen LogP contribution in [0.25, 0.3) is 0 Å². The summed E-state index contributed by atoms with van der Waals surface area (Å²) in [6.45, 7) is 43.8. The summed E-state index contributed by atoms with van der Waals surface area (Å²) in [6.07, 6.45) is 0. The molecule has 0 aromatic carbocycles. The van der Waals surface area contributed by atoms with Crippen LogP contribution in [0.15, 0.2) is 0 Å². The Balaban J connectivity index is -0.000000163. The van der Waals surface area contributed by atoms with Crippen LogP contribution in [0.4, 0.5) is 0 Å². The predicted molar refractivity (Wildman–Crippen MR) is 172 cm³/mol. The Morgan fingerprint density at radius 2 is 0.312 bits per heavy atom. The van der Waals surface area contributed by atoms with E-state index in [2.05, 4.69) is 135 Å². The van der Waals surface area contributed by atoms with E-state index in [4.69, 9.17) is 44.3 Å². The van der Waals surface area contributed by atoms with E-state index >= 15 is 0 Å². The molecule has 0 atom stereocenters. The Morgan fingerprint density at radius 3 is 0.312 bits per heavy atom. The zero-order valence-corrected chi connectivity index (χ0v) is 32.5. The summed E-state index contributed by atoms with van der Waals surface area (Å²) in [6, 6.07) is 0. The van der Waals surface area contributed by atoms with Crippen LogP contribution in [0.3, 0.4) is 0 Å². The molecule has 8 heteroatoms. The summed E-state index contributed by atoms with van der Waals surface area (Å²) in [7, 11) is -5.55. The second kappa shape index (κ2) is 13.5. The summed E-state index contributed by atoms with van der Waals surface area (Å²) in [5.74, 6) is 0. The molecule has 0 aromatic heterocycles. The van der Waals surface area contributed by atoms with Crippen molar-refractivity contribution in [3.63, 3.8) is 0 Å². The highest BCUT2D eigenvalue weighted by atomic mass is 35.6. The van der Waals surface area contributed by atoms with Crippen molar-refractivity contribution in [1.82, 2.24) is 0 Å². The number of hydrogen-bond acceptors (Lipinski definition) is 0. The van der Waals surface area contributed by atoms with Crippen LogP contribution in [-0.2, 0) is 0 Å². The molecule has 0 bridgehead atoms. The fraction of sp³-hybridized carbons (Fsp3) is 1.00. The molecule has 0 heterocycles. The van der Waals surface area contributed by atoms with E-state index in [0.717, 1.165) is 0 Å². The minimum Gasteiger partial charge on any atom is -0.167 e. The van der Waals surface area contributed by atoms with Crippen molar-refractivity contribution in [3.05, 3.63) is 0 Å². The maximum atomic E-state index is 6.15. The summed E-state index contributed by atoms with van der Waals surface area (Å²) in [5.41, 5.74) is 0. The molecule has 0 spiro atoms. The average molecular weight is 603 g/mol. The van der Waals surface area contributed by atoms with Gasteiger partial charge in [0.15, 0.2) is 29.5 Å². The van der Waals surface area contributed by atoms with Crippen LogP contribution < -0.4 is 0 Å². The van der Waals surface area contributed by atoms with Crippen LogP contribution in [0, 0.1) is 0 Å². The lowest BCUT2D eigenvalue weighted by atomic mass is 10.2. The highest BCUT2D eigenvalue weighted by molar-refractivity contribution is 7.21. The third kappa shape index (κ3) is 21.3. The highest BCUT2D eigenvalue weighted by Gasteiger charge is 2.34. The molecular weight excluding hydrogens is 542 g/mol. The first kappa shape index (κ1) is 41.2. The largest absolute Gasteiger partial charge is 0.167 e. The molecule has 0 unspecified atom stereocenters. The molecule has 0 fully saturated rings. The maximum absolute atomic E-state index is 6.15. The van der Waals surface area contributed by atoms with Gasteiger partial charge in [-0.3, -0.25) is 0 Å². The molecule has 0 aliphatic rings. The first-order valence-corrected chi connectivity index (χ1v) is 27.8. The van der Waals surface area contributed by atoms with E-state index in [-0.39, 0.29) is 0 Å². The van der Waals surface area contributed by atoms with E-state index in [9.17, 15) is 0 Å². The Hall–Kier alpha value is 2.03. The lowest BCUT2D eigenvalue weighted by Gasteiger charge is -2.29. The Morgan fingerprint density at radius 1 is 0.281 bits per heavy atom. The molecule has 0 nitrogen and oxygen atoms in total. The quantitative estimate of drug-likeness (QED) is 0.191. The average Bonchev–Trinajstić information content (AvgIpc) is 2.30. The van der Waals surface area contributed by atoms with Crippen molar-refractivity contribution in [2.45, 2.75) is 156 Å². The van der Waals surface area contributed by atoms with Crippen LogP contribution in [0.2, 0.25) is 72.5 Å². The van der Waals surface area contributed by atoms with Crippen molar-refractivity contribution in [3.8, 4) is 0 Å². The smallest absolute Gasteiger partial charge is 0.155 e. The van der Waals surface area contributed by atoms with Gasteiger partial charge in [0.05, 0.1) is 0 Å². The van der Waals surface area contributed by atoms with Crippen molar-refractivity contribution < 1.29 is 0 Å². The van der Waals surface area contributed by atoms with Gasteiger partial charge in [0, 0.05) is 0 Å². The minimum atomic E-state index is -1.39. The lowest BCUT2D eigenvalue weighted by molar-refractivity contribution is 0.735. The van der Waals surface area contributed by atoms with Crippen LogP contribution in [0.1, 0.15) is 83.1 Å². The van der Waals surface area contributed by atoms with E-state index in [1.54, 1.807) is 0 Å². The van der Waals surface area contributed by atoms with E-state index < -0.39 is 29.5 Å². The fourth-order valence-electron chi connectivity index (χ4n) is 0. The van der Waals surface area contributed by atoms with E-state index in [1.165, 1.54) is 0 Å². The van der Waals surface area contributed by atoms with Gasteiger partial charge in [0.2, 0.25) is 0 Å². The molecule has 0 saturated carbocycles. The van der Waals surface area contributed by atoms with E-state index in [1.807, 2.05) is 0 Å². The van der Waals surface area contributed by atoms with Gasteiger partial charge < -0.3 is 0 Å². The van der Waals surface area contributed by atoms with E-state index in [0.29, 0.717) is 20.2 Å². The molecule has 32 heavy (non-hydrogen) atoms. The molecule has 0 N–H and O–H groups in total. The molecule has 0 saturated heterocycles. The molecule has 0 aromatic rings. The van der Waals surface area contributed by atoms with Gasteiger partial charge in [-0.15, -0.1) is 0 Å². The summed E-state index contributed by atoms with van der Waals surface area (Å²) in [4.78, 5) is 0. The SMILES string of the molecule is CC(C)(C)[Si](C)(C)Cl.CC(C)(C)[Si](C)(C)Cl.CC(C)(C)[Si](C)(C)Cl.CC(C)(C)[Si](C)(C)Cl. The Kier molecular flexibility index (Phi) is 17.4. The van der Waals surface area contributed by atoms with Crippen molar-refractivity contribution in [2.75, 3.05) is 0 Å². The minimum absolute atomic E-state index is 0.342. The third-order valence-corrected chi connectivity index (χ3v) is 28.2. The van der Waals surface area contributed by atoms with Crippen LogP contribution in [0.5, 0.6) is 0 Å². The number of hydrogen-bond donors (Lipinski definition) is 0. The van der Waals surface area contributed by atoms with Crippen molar-refractivity contribution >= 4 is 73.9 Å². The molecule has 0 aliphatic heterocycles. The van der Waals surface area contributed by atoms with Crippen LogP contribution in [-0.4, -0.2) is 29.5 Å². The van der Waals surface area contributed by atoms with Crippen molar-refractivity contribution in [2.24, 2.45) is 0 Å². The number of rotatable bonds is 0. The molecule has 200 valence electrons. The summed E-state index contributed by atoms with van der Waals surface area (Å²) in [5, 5.41) is 1.37. The predicted octanol–water partition coefficient (Wildman–Crippen LogP) is 12.9. The monoisotopic (exact) mass is 600 g/mol. The second-order valence-corrected chi connectivity index (χ2v) is 44.0. The summed E-state index contributed by atoms with van der Waals surface area (Å²) < 4.78 is 0. The van der Waals surface area contributed by atoms with Gasteiger partial charge >= 0.3 is 0 Å². The van der Waals surface area contributed by atoms with Gasteiger partial charge in [-0.25, -0.2) is 0 Å². The first-order chi connectivity index (χ1) is 13.0. The summed E-state index contributed by atoms with van der Waals surface area (Å²) >= 11 is 24.6. The van der Waals surface area contributed by atoms with Gasteiger partial charge in [-0.05, 0) is 20.2 Å². The van der Waals surface area contributed by atoms with Gasteiger partial charge in [-0.2, -0.15) is 44.3 Å². The Bertz CT molecular complexity index is 350. The fourth-order valence-corrected chi connectivity index (χ4v) is 0. The van der Waals surface area contributed by atoms with Gasteiger partial charge in [-0.1, -0.05) is 135 Å². The standard InChI is InChI=1S/4C6H15ClSi/c4*1-6(2,3)8(4,5)7/h4*1-5H3. The maximum Gasteiger partial charge on any atom is 0.155 e. The molecular formula is C24H60Cl4Si4. The lowest BCUT2D eigenvalue weighted by Crippen LogP contribution is -2.29. The van der Waals surface area contributed by atoms with Crippen molar-refractivity contribution in [1.29, 1.82) is 0 Å². The van der Waals surface area contributed by atoms with Crippen LogP contribution >= 0.6 is 44.3 Å². The molecule has 0 amide bonds. The molecule has 0 radical (unpaired) electrons. The molecule has 0 aliphatic carbocycles. The third-order valence-electron chi connectivity index (χ3n) is 7.13. The normalized spacial score (nSPS) is 14.2. The van der Waals surface area contributed by atoms with Gasteiger partial charge in [0.25, 0.3) is 0 Å². The van der Waals surface area contributed by atoms with Gasteiger partial charge in [0.1, 0.15) is 0 Å². The number of halogens is 4. The molecule has 0 rings (SSSR count). The first-order valence-electron chi connectivity index (χ1n) is 11.8. The zero-order chi connectivity index (χ0) is 28.0. The second-order valence-electron chi connectivity index (χ2n) is 14.9. The Labute approximate surface area is 228 Å².